The first-order valence-electron chi connectivity index (χ1n) is 6.05. The first-order valence-corrected chi connectivity index (χ1v) is 6.05. The molecule has 0 heterocycles. The summed E-state index contributed by atoms with van der Waals surface area (Å²) in [5.74, 6) is 0.287. The zero-order valence-corrected chi connectivity index (χ0v) is 10.9. The van der Waals surface area contributed by atoms with E-state index in [1.54, 1.807) is 55.6 Å². The molecule has 20 heavy (non-hydrogen) atoms. The molecule has 102 valence electrons. The predicted molar refractivity (Wildman–Crippen MR) is 75.9 cm³/mol. The maximum atomic E-state index is 11.6. The monoisotopic (exact) mass is 270 g/mol. The molecule has 0 saturated heterocycles. The lowest BCUT2D eigenvalue weighted by Crippen LogP contribution is -2.18. The van der Waals surface area contributed by atoms with Gasteiger partial charge in [0.05, 0.1) is 0 Å². The van der Waals surface area contributed by atoms with Crippen molar-refractivity contribution in [1.82, 2.24) is 5.32 Å². The summed E-state index contributed by atoms with van der Waals surface area (Å²) in [6.07, 6.45) is -0.580. The average molecular weight is 270 g/mol. The lowest BCUT2D eigenvalue weighted by molar-refractivity contribution is 0.0963. The molecule has 2 aromatic rings. The molecule has 5 heteroatoms. The summed E-state index contributed by atoms with van der Waals surface area (Å²) >= 11 is 0. The molecule has 0 fully saturated rings. The van der Waals surface area contributed by atoms with Crippen molar-refractivity contribution in [2.24, 2.45) is 0 Å². The number of carbonyl (C=O) groups is 2. The topological polar surface area (TPSA) is 67.4 Å². The molecule has 0 spiro atoms. The predicted octanol–water partition coefficient (Wildman–Crippen LogP) is 2.66. The lowest BCUT2D eigenvalue weighted by Gasteiger charge is -2.07. The molecule has 2 amide bonds. The van der Waals surface area contributed by atoms with Crippen LogP contribution in [0.15, 0.2) is 54.6 Å². The maximum Gasteiger partial charge on any atom is 0.417 e. The Morgan fingerprint density at radius 3 is 2.20 bits per heavy atom. The van der Waals surface area contributed by atoms with Crippen LogP contribution in [0.4, 0.5) is 10.5 Å². The smallest absolute Gasteiger partial charge is 0.410 e. The van der Waals surface area contributed by atoms with Crippen LogP contribution in [-0.2, 0) is 0 Å². The van der Waals surface area contributed by atoms with Gasteiger partial charge in [-0.25, -0.2) is 4.79 Å². The van der Waals surface area contributed by atoms with Crippen molar-refractivity contribution in [3.63, 3.8) is 0 Å². The zero-order chi connectivity index (χ0) is 14.4. The highest BCUT2D eigenvalue weighted by Crippen LogP contribution is 2.12. The van der Waals surface area contributed by atoms with E-state index in [1.807, 2.05) is 6.07 Å². The van der Waals surface area contributed by atoms with Gasteiger partial charge in [0.1, 0.15) is 5.75 Å². The van der Waals surface area contributed by atoms with Gasteiger partial charge >= 0.3 is 6.09 Å². The molecule has 0 bridgehead atoms. The Hall–Kier alpha value is -2.82. The third-order valence-corrected chi connectivity index (χ3v) is 2.57. The van der Waals surface area contributed by atoms with Crippen LogP contribution in [0.1, 0.15) is 10.4 Å². The van der Waals surface area contributed by atoms with E-state index in [0.717, 1.165) is 0 Å². The molecule has 0 aliphatic heterocycles. The lowest BCUT2D eigenvalue weighted by atomic mass is 10.2. The van der Waals surface area contributed by atoms with Crippen LogP contribution in [-0.4, -0.2) is 19.0 Å². The first kappa shape index (κ1) is 13.6. The summed E-state index contributed by atoms with van der Waals surface area (Å²) in [5.41, 5.74) is 1.08. The van der Waals surface area contributed by atoms with Crippen LogP contribution in [0.3, 0.4) is 0 Å². The largest absolute Gasteiger partial charge is 0.417 e. The van der Waals surface area contributed by atoms with Gasteiger partial charge in [-0.1, -0.05) is 18.2 Å². The Labute approximate surface area is 116 Å². The van der Waals surface area contributed by atoms with Gasteiger partial charge in [0.25, 0.3) is 5.91 Å². The number of hydrogen-bond donors (Lipinski definition) is 2. The third-order valence-electron chi connectivity index (χ3n) is 2.57. The molecule has 0 aliphatic carbocycles. The molecule has 0 aromatic heterocycles. The normalized spacial score (nSPS) is 9.65. The molecule has 0 atom stereocenters. The van der Waals surface area contributed by atoms with Gasteiger partial charge < -0.3 is 10.1 Å². The highest BCUT2D eigenvalue weighted by Gasteiger charge is 2.06. The molecule has 0 aliphatic rings. The van der Waals surface area contributed by atoms with E-state index in [1.165, 1.54) is 0 Å². The highest BCUT2D eigenvalue weighted by molar-refractivity contribution is 5.95. The molecule has 0 saturated carbocycles. The van der Waals surface area contributed by atoms with Crippen LogP contribution < -0.4 is 15.4 Å². The second-order valence-electron chi connectivity index (χ2n) is 3.98. The van der Waals surface area contributed by atoms with Gasteiger partial charge in [-0.05, 0) is 36.4 Å². The van der Waals surface area contributed by atoms with Crippen molar-refractivity contribution in [3.8, 4) is 5.75 Å². The van der Waals surface area contributed by atoms with Crippen LogP contribution in [0, 0.1) is 0 Å². The Bertz CT molecular complexity index is 594. The van der Waals surface area contributed by atoms with E-state index in [2.05, 4.69) is 10.6 Å². The molecule has 0 unspecified atom stereocenters. The maximum absolute atomic E-state index is 11.6. The van der Waals surface area contributed by atoms with Crippen molar-refractivity contribution in [1.29, 1.82) is 0 Å². The Kier molecular flexibility index (Phi) is 4.34. The van der Waals surface area contributed by atoms with Crippen molar-refractivity contribution < 1.29 is 14.3 Å². The summed E-state index contributed by atoms with van der Waals surface area (Å²) in [6.45, 7) is 0. The van der Waals surface area contributed by atoms with E-state index < -0.39 is 6.09 Å². The number of rotatable bonds is 3. The third kappa shape index (κ3) is 3.58. The molecule has 2 aromatic carbocycles. The van der Waals surface area contributed by atoms with E-state index in [0.29, 0.717) is 17.0 Å². The summed E-state index contributed by atoms with van der Waals surface area (Å²) in [6, 6.07) is 15.3. The number of nitrogens with one attached hydrogen (secondary N) is 2. The van der Waals surface area contributed by atoms with Gasteiger partial charge in [-0.2, -0.15) is 0 Å². The van der Waals surface area contributed by atoms with E-state index >= 15 is 0 Å². The summed E-state index contributed by atoms with van der Waals surface area (Å²) in [5, 5.41) is 5.10. The van der Waals surface area contributed by atoms with Gasteiger partial charge in [0, 0.05) is 18.3 Å². The minimum atomic E-state index is -0.580. The van der Waals surface area contributed by atoms with E-state index in [9.17, 15) is 9.59 Å². The van der Waals surface area contributed by atoms with Crippen LogP contribution in [0.25, 0.3) is 0 Å². The number of anilines is 1. The molecular formula is C15H14N2O3. The summed E-state index contributed by atoms with van der Waals surface area (Å²) in [7, 11) is 1.56. The van der Waals surface area contributed by atoms with Gasteiger partial charge in [0.15, 0.2) is 0 Å². The average Bonchev–Trinajstić information content (AvgIpc) is 2.48. The number of carbonyl (C=O) groups excluding carboxylic acids is 2. The van der Waals surface area contributed by atoms with Gasteiger partial charge in [0.2, 0.25) is 0 Å². The first-order chi connectivity index (χ1) is 9.69. The van der Waals surface area contributed by atoms with Crippen LogP contribution in [0.2, 0.25) is 0 Å². The fourth-order valence-electron chi connectivity index (χ4n) is 1.59. The summed E-state index contributed by atoms with van der Waals surface area (Å²) in [4.78, 5) is 23.0. The van der Waals surface area contributed by atoms with Gasteiger partial charge in [-0.3, -0.25) is 10.1 Å². The number of benzene rings is 2. The second-order valence-corrected chi connectivity index (χ2v) is 3.98. The van der Waals surface area contributed by atoms with Crippen molar-refractivity contribution in [3.05, 3.63) is 60.2 Å². The molecular weight excluding hydrogens is 256 g/mol. The molecule has 5 nitrogen and oxygen atoms in total. The molecule has 0 radical (unpaired) electrons. The number of para-hydroxylation sites is 1. The van der Waals surface area contributed by atoms with Crippen molar-refractivity contribution >= 4 is 17.7 Å². The van der Waals surface area contributed by atoms with Crippen LogP contribution in [0.5, 0.6) is 5.75 Å². The summed E-state index contributed by atoms with van der Waals surface area (Å²) < 4.78 is 5.09. The fourth-order valence-corrected chi connectivity index (χ4v) is 1.59. The van der Waals surface area contributed by atoms with Crippen LogP contribution >= 0.6 is 0 Å². The standard InChI is InChI=1S/C15H14N2O3/c1-16-14(18)11-7-9-12(10-8-11)17-15(19)20-13-5-3-2-4-6-13/h2-10H,1H3,(H,16,18)(H,17,19). The van der Waals surface area contributed by atoms with Crippen molar-refractivity contribution in [2.45, 2.75) is 0 Å². The number of ether oxygens (including phenoxy) is 1. The van der Waals surface area contributed by atoms with Crippen molar-refractivity contribution in [2.75, 3.05) is 12.4 Å². The van der Waals surface area contributed by atoms with E-state index in [4.69, 9.17) is 4.74 Å². The zero-order valence-electron chi connectivity index (χ0n) is 10.9. The Morgan fingerprint density at radius 2 is 1.60 bits per heavy atom. The molecule has 2 rings (SSSR count). The number of hydrogen-bond acceptors (Lipinski definition) is 3. The Balaban J connectivity index is 1.96. The fraction of sp³-hybridized carbons (Fsp3) is 0.0667. The minimum Gasteiger partial charge on any atom is -0.410 e. The Morgan fingerprint density at radius 1 is 0.950 bits per heavy atom. The SMILES string of the molecule is CNC(=O)c1ccc(NC(=O)Oc2ccccc2)cc1. The second kappa shape index (κ2) is 6.38. The quantitative estimate of drug-likeness (QED) is 0.901. The molecule has 2 N–H and O–H groups in total. The minimum absolute atomic E-state index is 0.177. The highest BCUT2D eigenvalue weighted by atomic mass is 16.6. The van der Waals surface area contributed by atoms with Gasteiger partial charge in [-0.15, -0.1) is 0 Å². The number of amides is 2. The van der Waals surface area contributed by atoms with E-state index in [-0.39, 0.29) is 5.91 Å².